The summed E-state index contributed by atoms with van der Waals surface area (Å²) in [5.74, 6) is 0. The monoisotopic (exact) mass is 750 g/mol. The van der Waals surface area contributed by atoms with Gasteiger partial charge in [-0.3, -0.25) is 0 Å². The fraction of sp³-hybridized carbons (Fsp3) is 1.00. The van der Waals surface area contributed by atoms with Crippen molar-refractivity contribution in [1.82, 2.24) is 0 Å². The van der Waals surface area contributed by atoms with E-state index in [1.165, 1.54) is 20.8 Å². The normalized spacial score (nSPS) is 55.8. The molecule has 0 radical (unpaired) electrons. The van der Waals surface area contributed by atoms with Gasteiger partial charge in [-0.05, 0) is 20.8 Å². The van der Waals surface area contributed by atoms with Crippen LogP contribution in [0.2, 0.25) is 0 Å². The molecule has 0 aromatic rings. The quantitative estimate of drug-likeness (QED) is 0.104. The summed E-state index contributed by atoms with van der Waals surface area (Å²) in [6.45, 7) is 2.70. The highest BCUT2D eigenvalue weighted by molar-refractivity contribution is 4.97. The fourth-order valence-corrected chi connectivity index (χ4v) is 6.51. The molecular weight excluding hydrogens is 700 g/mol. The van der Waals surface area contributed by atoms with Crippen molar-refractivity contribution in [2.75, 3.05) is 13.2 Å². The highest BCUT2D eigenvalue weighted by Crippen LogP contribution is 2.35. The van der Waals surface area contributed by atoms with Crippen molar-refractivity contribution < 1.29 is 109 Å². The smallest absolute Gasteiger partial charge is 0.187 e. The van der Waals surface area contributed by atoms with E-state index in [1.54, 1.807) is 0 Å². The summed E-state index contributed by atoms with van der Waals surface area (Å²) in [4.78, 5) is 0. The largest absolute Gasteiger partial charge is 0.394 e. The minimum atomic E-state index is -1.90. The lowest BCUT2D eigenvalue weighted by Crippen LogP contribution is -2.67. The molecule has 5 fully saturated rings. The molecule has 5 saturated heterocycles. The summed E-state index contributed by atoms with van der Waals surface area (Å²) in [5, 5.41) is 136. The fourth-order valence-electron chi connectivity index (χ4n) is 6.51. The SMILES string of the molecule is C[C@H]1O[C@@H](O[C@H]2[C@H](O[C@@H]3[C@@H](O)[C@H](O)O[C@H](C)[C@H]3O)OC[C@@H](O[C@@H]3O[C@H](CO)[C@H](O)[C@H](O)[C@H]3O[C@@H]3O[C@H](C)[C@@H](O)[C@H](O)[C@H]3O)[C@@H]2O)[C@H](O)[C@@H](O)[C@@H]1O. The van der Waals surface area contributed by atoms with Crippen molar-refractivity contribution in [2.45, 2.75) is 168 Å². The maximum atomic E-state index is 11.6. The topological polar surface area (TPSA) is 346 Å². The highest BCUT2D eigenvalue weighted by atomic mass is 16.8. The molecule has 13 N–H and O–H groups in total. The van der Waals surface area contributed by atoms with Gasteiger partial charge in [-0.1, -0.05) is 0 Å². The van der Waals surface area contributed by atoms with E-state index in [-0.39, 0.29) is 0 Å². The number of hydrogen-bond donors (Lipinski definition) is 13. The van der Waals surface area contributed by atoms with Crippen LogP contribution in [0.3, 0.4) is 0 Å². The Morgan fingerprint density at radius 3 is 1.45 bits per heavy atom. The van der Waals surface area contributed by atoms with Gasteiger partial charge in [-0.15, -0.1) is 0 Å². The van der Waals surface area contributed by atoms with E-state index in [1.807, 2.05) is 0 Å². The lowest BCUT2D eigenvalue weighted by molar-refractivity contribution is -0.397. The van der Waals surface area contributed by atoms with E-state index in [2.05, 4.69) is 0 Å². The van der Waals surface area contributed by atoms with Crippen LogP contribution in [-0.4, -0.2) is 227 Å². The molecule has 0 saturated carbocycles. The van der Waals surface area contributed by atoms with Crippen LogP contribution in [0.5, 0.6) is 0 Å². The third-order valence-electron chi connectivity index (χ3n) is 9.83. The van der Waals surface area contributed by atoms with Gasteiger partial charge in [0.2, 0.25) is 0 Å². The third kappa shape index (κ3) is 8.37. The molecule has 0 aromatic heterocycles. The molecule has 0 spiro atoms. The Bertz CT molecular complexity index is 1090. The number of aliphatic hydroxyl groups is 13. The molecule has 22 heteroatoms. The average molecular weight is 751 g/mol. The summed E-state index contributed by atoms with van der Waals surface area (Å²) in [6, 6.07) is 0. The first-order valence-electron chi connectivity index (χ1n) is 16.6. The molecule has 0 bridgehead atoms. The van der Waals surface area contributed by atoms with Crippen molar-refractivity contribution in [3.63, 3.8) is 0 Å². The van der Waals surface area contributed by atoms with Crippen LogP contribution in [0.15, 0.2) is 0 Å². The first kappa shape index (κ1) is 41.3. The molecule has 5 rings (SSSR count). The molecule has 298 valence electrons. The van der Waals surface area contributed by atoms with Gasteiger partial charge in [0.1, 0.15) is 97.7 Å². The molecule has 0 aliphatic carbocycles. The Hall–Kier alpha value is -0.880. The van der Waals surface area contributed by atoms with E-state index in [0.29, 0.717) is 0 Å². The van der Waals surface area contributed by atoms with Crippen LogP contribution in [0.25, 0.3) is 0 Å². The summed E-state index contributed by atoms with van der Waals surface area (Å²) in [5.41, 5.74) is 0. The Morgan fingerprint density at radius 2 is 0.922 bits per heavy atom. The summed E-state index contributed by atoms with van der Waals surface area (Å²) in [6.07, 6.45) is -39.3. The second kappa shape index (κ2) is 16.9. The van der Waals surface area contributed by atoms with Gasteiger partial charge in [0.05, 0.1) is 31.5 Å². The lowest BCUT2D eigenvalue weighted by atomic mass is 9.97. The van der Waals surface area contributed by atoms with Crippen LogP contribution in [-0.2, 0) is 42.6 Å². The number of hydrogen-bond acceptors (Lipinski definition) is 22. The minimum absolute atomic E-state index is 0.593. The predicted molar refractivity (Wildman–Crippen MR) is 156 cm³/mol. The molecule has 0 unspecified atom stereocenters. The van der Waals surface area contributed by atoms with Crippen LogP contribution >= 0.6 is 0 Å². The lowest BCUT2D eigenvalue weighted by Gasteiger charge is -2.49. The molecule has 24 atom stereocenters. The second-order valence-corrected chi connectivity index (χ2v) is 13.5. The van der Waals surface area contributed by atoms with Crippen molar-refractivity contribution >= 4 is 0 Å². The number of aliphatic hydroxyl groups excluding tert-OH is 13. The maximum absolute atomic E-state index is 11.6. The van der Waals surface area contributed by atoms with E-state index in [4.69, 9.17) is 42.6 Å². The van der Waals surface area contributed by atoms with Gasteiger partial charge in [0.15, 0.2) is 31.5 Å². The van der Waals surface area contributed by atoms with Crippen LogP contribution in [0.4, 0.5) is 0 Å². The van der Waals surface area contributed by atoms with Crippen LogP contribution < -0.4 is 0 Å². The Kier molecular flexibility index (Phi) is 13.7. The van der Waals surface area contributed by atoms with Crippen molar-refractivity contribution in [1.29, 1.82) is 0 Å². The predicted octanol–water partition coefficient (Wildman–Crippen LogP) is -8.20. The average Bonchev–Trinajstić information content (AvgIpc) is 3.10. The van der Waals surface area contributed by atoms with Crippen LogP contribution in [0.1, 0.15) is 20.8 Å². The molecule has 22 nitrogen and oxygen atoms in total. The Balaban J connectivity index is 1.39. The zero-order chi connectivity index (χ0) is 37.6. The maximum Gasteiger partial charge on any atom is 0.187 e. The molecule has 5 heterocycles. The zero-order valence-corrected chi connectivity index (χ0v) is 27.8. The highest BCUT2D eigenvalue weighted by Gasteiger charge is 2.55. The first-order valence-corrected chi connectivity index (χ1v) is 16.6. The number of ether oxygens (including phenoxy) is 9. The number of rotatable bonds is 9. The first-order chi connectivity index (χ1) is 24.0. The van der Waals surface area contributed by atoms with E-state index in [0.717, 1.165) is 0 Å². The second-order valence-electron chi connectivity index (χ2n) is 13.5. The van der Waals surface area contributed by atoms with Gasteiger partial charge in [-0.25, -0.2) is 0 Å². The minimum Gasteiger partial charge on any atom is -0.394 e. The van der Waals surface area contributed by atoms with Crippen molar-refractivity contribution in [3.8, 4) is 0 Å². The van der Waals surface area contributed by atoms with Gasteiger partial charge >= 0.3 is 0 Å². The van der Waals surface area contributed by atoms with E-state index >= 15 is 0 Å². The third-order valence-corrected chi connectivity index (χ3v) is 9.83. The van der Waals surface area contributed by atoms with E-state index < -0.39 is 161 Å². The van der Waals surface area contributed by atoms with Gasteiger partial charge in [0, 0.05) is 0 Å². The summed E-state index contributed by atoms with van der Waals surface area (Å²) in [7, 11) is 0. The van der Waals surface area contributed by atoms with Gasteiger partial charge < -0.3 is 109 Å². The molecule has 0 amide bonds. The van der Waals surface area contributed by atoms with Crippen LogP contribution in [0, 0.1) is 0 Å². The Labute approximate surface area is 290 Å². The summed E-state index contributed by atoms with van der Waals surface area (Å²) >= 11 is 0. The molecular formula is C29H50O22. The van der Waals surface area contributed by atoms with Gasteiger partial charge in [-0.2, -0.15) is 0 Å². The summed E-state index contributed by atoms with van der Waals surface area (Å²) < 4.78 is 50.7. The van der Waals surface area contributed by atoms with E-state index in [9.17, 15) is 66.4 Å². The van der Waals surface area contributed by atoms with Gasteiger partial charge in [0.25, 0.3) is 0 Å². The van der Waals surface area contributed by atoms with Crippen molar-refractivity contribution in [3.05, 3.63) is 0 Å². The zero-order valence-electron chi connectivity index (χ0n) is 27.8. The molecule has 0 aromatic carbocycles. The molecule has 5 aliphatic rings. The van der Waals surface area contributed by atoms with Crippen molar-refractivity contribution in [2.24, 2.45) is 0 Å². The standard InChI is InChI=1S/C29H50O22/c1-6-11(31)16(36)19(39)26(45-6)50-23-15(35)10(5-43-28(23)49-22-13(33)8(3)44-25(42)21(22)41)48-29-24(18(38)14(34)9(4-30)47-29)51-27-20(40)17(37)12(32)7(2)46-27/h6-42H,4-5H2,1-3H3/t6-,7-,8-,9-,10-,11-,12-,13-,14+,15+,16+,17+,18+,19-,20-,21-,22+,23-,24-,25-,26+,27+,28+,29+/m1/s1. The molecule has 5 aliphatic heterocycles. The Morgan fingerprint density at radius 1 is 0.431 bits per heavy atom. The molecule has 51 heavy (non-hydrogen) atoms.